The average molecular weight is 259 g/mol. The molecule has 1 amide bonds. The molecule has 0 saturated heterocycles. The molecule has 0 radical (unpaired) electrons. The van der Waals surface area contributed by atoms with E-state index in [1.807, 2.05) is 20.8 Å². The van der Waals surface area contributed by atoms with Crippen molar-refractivity contribution in [2.75, 3.05) is 0 Å². The van der Waals surface area contributed by atoms with Crippen molar-refractivity contribution in [1.82, 2.24) is 5.32 Å². The molecule has 1 fully saturated rings. The summed E-state index contributed by atoms with van der Waals surface area (Å²) in [7, 11) is 0. The smallest absolute Gasteiger partial charge is 0.326 e. The molecule has 0 spiro atoms. The monoisotopic (exact) mass is 259 g/mol. The van der Waals surface area contributed by atoms with Crippen LogP contribution >= 0.6 is 11.8 Å². The first-order chi connectivity index (χ1) is 7.80. The number of aliphatic carboxylic acids is 1. The molecule has 2 N–H and O–H groups in total. The Morgan fingerprint density at radius 3 is 2.24 bits per heavy atom. The van der Waals surface area contributed by atoms with Gasteiger partial charge in [0.1, 0.15) is 6.04 Å². The van der Waals surface area contributed by atoms with Gasteiger partial charge in [-0.2, -0.15) is 0 Å². The third-order valence-corrected chi connectivity index (χ3v) is 4.09. The number of carboxylic acids is 1. The first kappa shape index (κ1) is 14.4. The first-order valence-electron chi connectivity index (χ1n) is 6.00. The number of amides is 1. The van der Waals surface area contributed by atoms with Crippen molar-refractivity contribution < 1.29 is 14.7 Å². The summed E-state index contributed by atoms with van der Waals surface area (Å²) < 4.78 is 0. The van der Waals surface area contributed by atoms with E-state index in [0.29, 0.717) is 5.25 Å². The second-order valence-electron chi connectivity index (χ2n) is 5.59. The zero-order valence-corrected chi connectivity index (χ0v) is 11.5. The Bertz CT molecular complexity index is 293. The lowest BCUT2D eigenvalue weighted by atomic mass is 9.87. The zero-order chi connectivity index (χ0) is 13.1. The second-order valence-corrected chi connectivity index (χ2v) is 6.87. The van der Waals surface area contributed by atoms with Gasteiger partial charge in [0, 0.05) is 5.25 Å². The van der Waals surface area contributed by atoms with E-state index in [4.69, 9.17) is 5.11 Å². The third kappa shape index (κ3) is 4.58. The average Bonchev–Trinajstić information content (AvgIpc) is 2.64. The van der Waals surface area contributed by atoms with Gasteiger partial charge in [0.05, 0.1) is 0 Å². The van der Waals surface area contributed by atoms with Crippen LogP contribution in [0.25, 0.3) is 0 Å². The standard InChI is InChI=1S/C12H21NO3S/c1-12(2,3)9(10(14)15)13-11(16)17-8-6-4-5-7-8/h8-9H,4-7H2,1-3H3,(H,13,16)(H,14,15)/t9-/m1/s1. The lowest BCUT2D eigenvalue weighted by molar-refractivity contribution is -0.141. The zero-order valence-electron chi connectivity index (χ0n) is 10.7. The Labute approximate surface area is 107 Å². The Morgan fingerprint density at radius 2 is 1.82 bits per heavy atom. The molecule has 0 aromatic heterocycles. The topological polar surface area (TPSA) is 66.4 Å². The van der Waals surface area contributed by atoms with Crippen molar-refractivity contribution >= 4 is 23.0 Å². The van der Waals surface area contributed by atoms with Crippen molar-refractivity contribution in [3.63, 3.8) is 0 Å². The molecule has 17 heavy (non-hydrogen) atoms. The van der Waals surface area contributed by atoms with E-state index in [0.717, 1.165) is 12.8 Å². The van der Waals surface area contributed by atoms with Crippen LogP contribution in [0.15, 0.2) is 0 Å². The number of carboxylic acid groups (broad SMARTS) is 1. The minimum atomic E-state index is -0.974. The number of hydrogen-bond donors (Lipinski definition) is 2. The summed E-state index contributed by atoms with van der Waals surface area (Å²) in [6.07, 6.45) is 4.47. The lowest BCUT2D eigenvalue weighted by Crippen LogP contribution is -2.48. The molecule has 0 bridgehead atoms. The molecular formula is C12H21NO3S. The molecule has 4 nitrogen and oxygen atoms in total. The molecule has 0 aliphatic heterocycles. The van der Waals surface area contributed by atoms with Crippen LogP contribution in [0.1, 0.15) is 46.5 Å². The van der Waals surface area contributed by atoms with Crippen LogP contribution in [-0.4, -0.2) is 27.6 Å². The van der Waals surface area contributed by atoms with Gasteiger partial charge >= 0.3 is 5.97 Å². The van der Waals surface area contributed by atoms with Crippen LogP contribution < -0.4 is 5.32 Å². The molecule has 1 aliphatic carbocycles. The van der Waals surface area contributed by atoms with E-state index in [1.165, 1.54) is 24.6 Å². The van der Waals surface area contributed by atoms with E-state index in [9.17, 15) is 9.59 Å². The Hall–Kier alpha value is -0.710. The van der Waals surface area contributed by atoms with Gasteiger partial charge in [-0.3, -0.25) is 4.79 Å². The molecule has 5 heteroatoms. The van der Waals surface area contributed by atoms with Crippen LogP contribution in [0.3, 0.4) is 0 Å². The fourth-order valence-electron chi connectivity index (χ4n) is 1.96. The molecule has 98 valence electrons. The number of nitrogens with one attached hydrogen (secondary N) is 1. The van der Waals surface area contributed by atoms with Gasteiger partial charge in [-0.25, -0.2) is 4.79 Å². The van der Waals surface area contributed by atoms with Crippen LogP contribution in [0.2, 0.25) is 0 Å². The maximum atomic E-state index is 11.7. The predicted octanol–water partition coefficient (Wildman–Crippen LogP) is 2.87. The van der Waals surface area contributed by atoms with E-state index >= 15 is 0 Å². The molecular weight excluding hydrogens is 238 g/mol. The van der Waals surface area contributed by atoms with Crippen molar-refractivity contribution in [2.45, 2.75) is 57.7 Å². The van der Waals surface area contributed by atoms with E-state index < -0.39 is 17.4 Å². The summed E-state index contributed by atoms with van der Waals surface area (Å²) in [4.78, 5) is 22.8. The number of thioether (sulfide) groups is 1. The Morgan fingerprint density at radius 1 is 1.29 bits per heavy atom. The molecule has 0 heterocycles. The SMILES string of the molecule is CC(C)(C)[C@H](NC(=O)SC1CCCC1)C(=O)O. The van der Waals surface area contributed by atoms with Gasteiger partial charge in [-0.1, -0.05) is 45.4 Å². The predicted molar refractivity (Wildman–Crippen MR) is 69.3 cm³/mol. The summed E-state index contributed by atoms with van der Waals surface area (Å²) in [5.74, 6) is -0.974. The number of carbonyl (C=O) groups is 2. The maximum Gasteiger partial charge on any atom is 0.326 e. The van der Waals surface area contributed by atoms with E-state index in [-0.39, 0.29) is 5.24 Å². The van der Waals surface area contributed by atoms with Crippen molar-refractivity contribution in [1.29, 1.82) is 0 Å². The first-order valence-corrected chi connectivity index (χ1v) is 6.88. The summed E-state index contributed by atoms with van der Waals surface area (Å²) in [5, 5.41) is 11.9. The summed E-state index contributed by atoms with van der Waals surface area (Å²) in [6, 6.07) is -0.830. The van der Waals surface area contributed by atoms with Crippen LogP contribution in [-0.2, 0) is 4.79 Å². The Balaban J connectivity index is 2.49. The summed E-state index contributed by atoms with van der Waals surface area (Å²) >= 11 is 1.26. The third-order valence-electron chi connectivity index (χ3n) is 2.95. The maximum absolute atomic E-state index is 11.7. The molecule has 1 aliphatic rings. The van der Waals surface area contributed by atoms with Crippen LogP contribution in [0.5, 0.6) is 0 Å². The van der Waals surface area contributed by atoms with Gasteiger partial charge in [0.25, 0.3) is 5.24 Å². The highest BCUT2D eigenvalue weighted by atomic mass is 32.2. The largest absolute Gasteiger partial charge is 0.480 e. The number of carbonyl (C=O) groups excluding carboxylic acids is 1. The van der Waals surface area contributed by atoms with Gasteiger partial charge < -0.3 is 10.4 Å². The highest BCUT2D eigenvalue weighted by molar-refractivity contribution is 8.14. The summed E-state index contributed by atoms with van der Waals surface area (Å²) in [6.45, 7) is 5.44. The van der Waals surface area contributed by atoms with Crippen molar-refractivity contribution in [2.24, 2.45) is 5.41 Å². The second kappa shape index (κ2) is 5.76. The van der Waals surface area contributed by atoms with Gasteiger partial charge in [0.2, 0.25) is 0 Å². The number of rotatable bonds is 3. The van der Waals surface area contributed by atoms with Gasteiger partial charge in [-0.15, -0.1) is 0 Å². The van der Waals surface area contributed by atoms with Crippen LogP contribution in [0.4, 0.5) is 4.79 Å². The molecule has 1 saturated carbocycles. The van der Waals surface area contributed by atoms with Crippen molar-refractivity contribution in [3.8, 4) is 0 Å². The highest BCUT2D eigenvalue weighted by Crippen LogP contribution is 2.30. The fraction of sp³-hybridized carbons (Fsp3) is 0.833. The van der Waals surface area contributed by atoms with Gasteiger partial charge in [-0.05, 0) is 18.3 Å². The fourth-order valence-corrected chi connectivity index (χ4v) is 3.02. The van der Waals surface area contributed by atoms with Crippen LogP contribution in [0, 0.1) is 5.41 Å². The normalized spacial score (nSPS) is 19.0. The summed E-state index contributed by atoms with van der Waals surface area (Å²) in [5.41, 5.74) is -0.474. The minimum absolute atomic E-state index is 0.209. The molecule has 0 aromatic carbocycles. The van der Waals surface area contributed by atoms with E-state index in [2.05, 4.69) is 5.32 Å². The van der Waals surface area contributed by atoms with Crippen molar-refractivity contribution in [3.05, 3.63) is 0 Å². The highest BCUT2D eigenvalue weighted by Gasteiger charge is 2.33. The quantitative estimate of drug-likeness (QED) is 0.818. The van der Waals surface area contributed by atoms with E-state index in [1.54, 1.807) is 0 Å². The molecule has 0 unspecified atom stereocenters. The molecule has 1 atom stereocenters. The minimum Gasteiger partial charge on any atom is -0.480 e. The lowest BCUT2D eigenvalue weighted by Gasteiger charge is -2.27. The molecule has 0 aromatic rings. The molecule has 1 rings (SSSR count). The van der Waals surface area contributed by atoms with Gasteiger partial charge in [0.15, 0.2) is 0 Å². The number of hydrogen-bond acceptors (Lipinski definition) is 3. The Kier molecular flexibility index (Phi) is 4.86.